The van der Waals surface area contributed by atoms with Crippen LogP contribution in [-0.4, -0.2) is 49.9 Å². The molecular formula is C16H23NO4S. The second kappa shape index (κ2) is 7.13. The fourth-order valence-electron chi connectivity index (χ4n) is 2.79. The van der Waals surface area contributed by atoms with Gasteiger partial charge in [0.1, 0.15) is 5.75 Å². The number of hydrogen-bond acceptors (Lipinski definition) is 4. The average molecular weight is 325 g/mol. The van der Waals surface area contributed by atoms with Crippen LogP contribution in [0, 0.1) is 0 Å². The van der Waals surface area contributed by atoms with E-state index in [-0.39, 0.29) is 23.5 Å². The third-order valence-corrected chi connectivity index (χ3v) is 5.54. The molecule has 0 N–H and O–H groups in total. The summed E-state index contributed by atoms with van der Waals surface area (Å²) < 4.78 is 29.0. The molecule has 1 heterocycles. The largest absolute Gasteiger partial charge is 0.493 e. The fourth-order valence-corrected chi connectivity index (χ4v) is 4.52. The number of benzene rings is 1. The molecule has 0 radical (unpaired) electrons. The molecule has 22 heavy (non-hydrogen) atoms. The first-order valence-electron chi connectivity index (χ1n) is 7.71. The average Bonchev–Trinajstić information content (AvgIpc) is 2.85. The summed E-state index contributed by atoms with van der Waals surface area (Å²) in [5.41, 5.74) is 0.502. The van der Waals surface area contributed by atoms with Gasteiger partial charge in [0.15, 0.2) is 9.84 Å². The van der Waals surface area contributed by atoms with E-state index in [4.69, 9.17) is 4.74 Å². The molecule has 1 aliphatic heterocycles. The van der Waals surface area contributed by atoms with Crippen LogP contribution in [0.2, 0.25) is 0 Å². The molecule has 2 rings (SSSR count). The number of hydrogen-bond donors (Lipinski definition) is 0. The van der Waals surface area contributed by atoms with Crippen molar-refractivity contribution in [1.82, 2.24) is 4.90 Å². The van der Waals surface area contributed by atoms with Gasteiger partial charge in [-0.15, -0.1) is 0 Å². The van der Waals surface area contributed by atoms with Crippen molar-refractivity contribution in [2.24, 2.45) is 0 Å². The third kappa shape index (κ3) is 3.80. The van der Waals surface area contributed by atoms with Crippen LogP contribution in [0.4, 0.5) is 0 Å². The van der Waals surface area contributed by atoms with E-state index in [0.717, 1.165) is 6.42 Å². The summed E-state index contributed by atoms with van der Waals surface area (Å²) >= 11 is 0. The van der Waals surface area contributed by atoms with Gasteiger partial charge in [0.25, 0.3) is 5.91 Å². The number of carbonyl (C=O) groups excluding carboxylic acids is 1. The van der Waals surface area contributed by atoms with E-state index in [9.17, 15) is 13.2 Å². The second-order valence-electron chi connectivity index (χ2n) is 5.48. The molecule has 0 bridgehead atoms. The fraction of sp³-hybridized carbons (Fsp3) is 0.562. The molecule has 1 atom stereocenters. The Kier molecular flexibility index (Phi) is 5.45. The SMILES string of the molecule is CCCN(C(=O)c1ccccc1OCC)C1CCS(=O)(=O)C1. The first kappa shape index (κ1) is 16.8. The molecule has 122 valence electrons. The van der Waals surface area contributed by atoms with Crippen LogP contribution >= 0.6 is 0 Å². The molecule has 6 heteroatoms. The van der Waals surface area contributed by atoms with Crippen LogP contribution < -0.4 is 4.74 Å². The van der Waals surface area contributed by atoms with Crippen molar-refractivity contribution in [3.8, 4) is 5.75 Å². The van der Waals surface area contributed by atoms with E-state index in [1.807, 2.05) is 19.9 Å². The highest BCUT2D eigenvalue weighted by molar-refractivity contribution is 7.91. The van der Waals surface area contributed by atoms with Crippen LogP contribution in [0.1, 0.15) is 37.0 Å². The summed E-state index contributed by atoms with van der Waals surface area (Å²) in [6.45, 7) is 4.89. The van der Waals surface area contributed by atoms with Crippen LogP contribution in [0.5, 0.6) is 5.75 Å². The van der Waals surface area contributed by atoms with E-state index in [1.165, 1.54) is 0 Å². The Morgan fingerprint density at radius 1 is 1.32 bits per heavy atom. The number of amides is 1. The topological polar surface area (TPSA) is 63.7 Å². The van der Waals surface area contributed by atoms with E-state index >= 15 is 0 Å². The zero-order chi connectivity index (χ0) is 16.2. The van der Waals surface area contributed by atoms with Crippen molar-refractivity contribution >= 4 is 15.7 Å². The van der Waals surface area contributed by atoms with E-state index in [0.29, 0.717) is 30.9 Å². The lowest BCUT2D eigenvalue weighted by Crippen LogP contribution is -2.41. The van der Waals surface area contributed by atoms with Crippen molar-refractivity contribution in [3.05, 3.63) is 29.8 Å². The molecule has 5 nitrogen and oxygen atoms in total. The van der Waals surface area contributed by atoms with E-state index in [1.54, 1.807) is 23.1 Å². The maximum absolute atomic E-state index is 12.9. The second-order valence-corrected chi connectivity index (χ2v) is 7.71. The molecule has 1 aliphatic rings. The molecule has 1 fully saturated rings. The number of sulfone groups is 1. The van der Waals surface area contributed by atoms with Crippen LogP contribution in [0.15, 0.2) is 24.3 Å². The zero-order valence-corrected chi connectivity index (χ0v) is 13.9. The lowest BCUT2D eigenvalue weighted by Gasteiger charge is -2.28. The summed E-state index contributed by atoms with van der Waals surface area (Å²) in [7, 11) is -3.02. The van der Waals surface area contributed by atoms with E-state index < -0.39 is 9.84 Å². The van der Waals surface area contributed by atoms with Crippen molar-refractivity contribution in [2.45, 2.75) is 32.7 Å². The molecule has 1 aromatic carbocycles. The molecule has 1 unspecified atom stereocenters. The number of para-hydroxylation sites is 1. The maximum atomic E-state index is 12.9. The summed E-state index contributed by atoms with van der Waals surface area (Å²) in [5, 5.41) is 0. The highest BCUT2D eigenvalue weighted by Gasteiger charge is 2.35. The molecule has 1 aromatic rings. The van der Waals surface area contributed by atoms with Crippen LogP contribution in [-0.2, 0) is 9.84 Å². The minimum Gasteiger partial charge on any atom is -0.493 e. The van der Waals surface area contributed by atoms with Gasteiger partial charge in [-0.1, -0.05) is 19.1 Å². The molecule has 0 saturated carbocycles. The van der Waals surface area contributed by atoms with Gasteiger partial charge in [-0.25, -0.2) is 8.42 Å². The maximum Gasteiger partial charge on any atom is 0.257 e. The summed E-state index contributed by atoms with van der Waals surface area (Å²) in [6.07, 6.45) is 1.31. The standard InChI is InChI=1S/C16H23NO4S/c1-3-10-17(13-9-11-22(19,20)12-13)16(18)14-7-5-6-8-15(14)21-4-2/h5-8,13H,3-4,9-12H2,1-2H3. The highest BCUT2D eigenvalue weighted by Crippen LogP contribution is 2.24. The predicted molar refractivity (Wildman–Crippen MR) is 86.0 cm³/mol. The van der Waals surface area contributed by atoms with Crippen molar-refractivity contribution in [1.29, 1.82) is 0 Å². The lowest BCUT2D eigenvalue weighted by molar-refractivity contribution is 0.0693. The predicted octanol–water partition coefficient (Wildman–Crippen LogP) is 2.12. The first-order valence-corrected chi connectivity index (χ1v) is 9.54. The van der Waals surface area contributed by atoms with Gasteiger partial charge < -0.3 is 9.64 Å². The van der Waals surface area contributed by atoms with Crippen molar-refractivity contribution in [3.63, 3.8) is 0 Å². The quantitative estimate of drug-likeness (QED) is 0.804. The normalized spacial score (nSPS) is 19.8. The van der Waals surface area contributed by atoms with Gasteiger partial charge >= 0.3 is 0 Å². The van der Waals surface area contributed by atoms with Gasteiger partial charge in [0, 0.05) is 12.6 Å². The molecule has 1 amide bonds. The van der Waals surface area contributed by atoms with Crippen molar-refractivity contribution < 1.29 is 17.9 Å². The van der Waals surface area contributed by atoms with Gasteiger partial charge in [-0.3, -0.25) is 4.79 Å². The molecule has 0 spiro atoms. The Hall–Kier alpha value is -1.56. The number of carbonyl (C=O) groups is 1. The van der Waals surface area contributed by atoms with Crippen LogP contribution in [0.3, 0.4) is 0 Å². The molecule has 1 saturated heterocycles. The van der Waals surface area contributed by atoms with Crippen LogP contribution in [0.25, 0.3) is 0 Å². The summed E-state index contributed by atoms with van der Waals surface area (Å²) in [5.74, 6) is 0.637. The minimum absolute atomic E-state index is 0.0650. The molecular weight excluding hydrogens is 302 g/mol. The number of rotatable bonds is 6. The van der Waals surface area contributed by atoms with Gasteiger partial charge in [0.05, 0.1) is 23.7 Å². The van der Waals surface area contributed by atoms with Gasteiger partial charge in [-0.05, 0) is 31.9 Å². The Balaban J connectivity index is 2.27. The molecule has 0 aliphatic carbocycles. The van der Waals surface area contributed by atoms with Gasteiger partial charge in [0.2, 0.25) is 0 Å². The smallest absolute Gasteiger partial charge is 0.257 e. The lowest BCUT2D eigenvalue weighted by atomic mass is 10.1. The zero-order valence-electron chi connectivity index (χ0n) is 13.1. The monoisotopic (exact) mass is 325 g/mol. The van der Waals surface area contributed by atoms with Gasteiger partial charge in [-0.2, -0.15) is 0 Å². The number of nitrogens with zero attached hydrogens (tertiary/aromatic N) is 1. The Morgan fingerprint density at radius 2 is 2.05 bits per heavy atom. The highest BCUT2D eigenvalue weighted by atomic mass is 32.2. The minimum atomic E-state index is -3.02. The molecule has 0 aromatic heterocycles. The Morgan fingerprint density at radius 3 is 2.64 bits per heavy atom. The first-order chi connectivity index (χ1) is 10.5. The summed E-state index contributed by atoms with van der Waals surface area (Å²) in [6, 6.07) is 6.90. The van der Waals surface area contributed by atoms with Crippen molar-refractivity contribution in [2.75, 3.05) is 24.7 Å². The Bertz CT molecular complexity index is 627. The number of ether oxygens (including phenoxy) is 1. The Labute approximate surface area is 132 Å². The van der Waals surface area contributed by atoms with E-state index in [2.05, 4.69) is 0 Å². The summed E-state index contributed by atoms with van der Waals surface area (Å²) in [4.78, 5) is 14.6. The third-order valence-electron chi connectivity index (χ3n) is 3.79.